The van der Waals surface area contributed by atoms with Crippen LogP contribution in [0.1, 0.15) is 48.8 Å². The van der Waals surface area contributed by atoms with E-state index >= 15 is 0 Å². The second-order valence-electron chi connectivity index (χ2n) is 8.37. The summed E-state index contributed by atoms with van der Waals surface area (Å²) in [6, 6.07) is 5.38. The zero-order chi connectivity index (χ0) is 19.4. The number of aromatic nitrogens is 3. The lowest BCUT2D eigenvalue weighted by Crippen LogP contribution is -2.33. The molecule has 1 aliphatic carbocycles. The Hall–Kier alpha value is -2.47. The van der Waals surface area contributed by atoms with Crippen LogP contribution in [0, 0.1) is 12.7 Å². The summed E-state index contributed by atoms with van der Waals surface area (Å²) >= 11 is 0. The Bertz CT molecular complexity index is 1060. The molecule has 3 heterocycles. The third-order valence-electron chi connectivity index (χ3n) is 6.19. The number of fused-ring (bicyclic) bond motifs is 1. The van der Waals surface area contributed by atoms with E-state index in [2.05, 4.69) is 39.0 Å². The summed E-state index contributed by atoms with van der Waals surface area (Å²) in [6.45, 7) is 3.80. The minimum atomic E-state index is -0.334. The van der Waals surface area contributed by atoms with Crippen molar-refractivity contribution in [3.8, 4) is 17.0 Å². The highest BCUT2D eigenvalue weighted by atomic mass is 19.1. The van der Waals surface area contributed by atoms with E-state index in [1.807, 2.05) is 0 Å². The van der Waals surface area contributed by atoms with Crippen LogP contribution in [-0.4, -0.2) is 44.9 Å². The highest BCUT2D eigenvalue weighted by Gasteiger charge is 2.32. The highest BCUT2D eigenvalue weighted by molar-refractivity contribution is 5.88. The van der Waals surface area contributed by atoms with E-state index in [1.165, 1.54) is 18.6 Å². The number of hydrogen-bond donors (Lipinski definition) is 1. The molecular weight excluding hydrogens is 355 g/mol. The van der Waals surface area contributed by atoms with Crippen LogP contribution in [0.25, 0.3) is 22.3 Å². The van der Waals surface area contributed by atoms with Gasteiger partial charge in [-0.15, -0.1) is 10.2 Å². The molecular formula is C22H25FN4O. The lowest BCUT2D eigenvalue weighted by molar-refractivity contribution is 0.214. The molecule has 146 valence electrons. The maximum Gasteiger partial charge on any atom is 0.163 e. The Labute approximate surface area is 163 Å². The predicted molar refractivity (Wildman–Crippen MR) is 107 cm³/mol. The molecule has 1 saturated heterocycles. The third kappa shape index (κ3) is 2.87. The number of phenols is 1. The number of aromatic hydroxyl groups is 1. The molecule has 1 N–H and O–H groups in total. The van der Waals surface area contributed by atoms with E-state index in [-0.39, 0.29) is 11.6 Å². The minimum Gasteiger partial charge on any atom is -0.507 e. The molecule has 2 aliphatic rings. The second kappa shape index (κ2) is 6.55. The first-order valence-corrected chi connectivity index (χ1v) is 10.1. The van der Waals surface area contributed by atoms with E-state index < -0.39 is 0 Å². The molecule has 0 bridgehead atoms. The van der Waals surface area contributed by atoms with E-state index in [0.717, 1.165) is 48.9 Å². The van der Waals surface area contributed by atoms with Gasteiger partial charge in [0.1, 0.15) is 17.3 Å². The summed E-state index contributed by atoms with van der Waals surface area (Å²) < 4.78 is 16.5. The van der Waals surface area contributed by atoms with Crippen molar-refractivity contribution in [3.05, 3.63) is 41.3 Å². The van der Waals surface area contributed by atoms with Crippen molar-refractivity contribution in [3.63, 3.8) is 0 Å². The second-order valence-corrected chi connectivity index (χ2v) is 8.37. The van der Waals surface area contributed by atoms with Crippen molar-refractivity contribution in [1.29, 1.82) is 0 Å². The van der Waals surface area contributed by atoms with Crippen LogP contribution in [0.5, 0.6) is 5.75 Å². The summed E-state index contributed by atoms with van der Waals surface area (Å²) in [6.07, 6.45) is 6.63. The standard InChI is InChI=1S/C22H25FN4O/c1-13-10-19(28)17(11-18(13)23)21-20(14-5-6-14)16-7-9-27(22(16)25-24-21)15-4-3-8-26(2)12-15/h7,9-11,14-15,28H,3-6,8,12H2,1-2H3/t15-/m1/s1. The minimum absolute atomic E-state index is 0.0581. The average molecular weight is 380 g/mol. The van der Waals surface area contributed by atoms with Gasteiger partial charge in [0.15, 0.2) is 5.65 Å². The smallest absolute Gasteiger partial charge is 0.163 e. The molecule has 0 spiro atoms. The van der Waals surface area contributed by atoms with Gasteiger partial charge in [-0.3, -0.25) is 0 Å². The van der Waals surface area contributed by atoms with Crippen molar-refractivity contribution in [2.45, 2.75) is 44.6 Å². The zero-order valence-corrected chi connectivity index (χ0v) is 16.3. The number of likely N-dealkylation sites (N-methyl/N-ethyl adjacent to an activating group) is 1. The van der Waals surface area contributed by atoms with Crippen molar-refractivity contribution < 1.29 is 9.50 Å². The van der Waals surface area contributed by atoms with Crippen molar-refractivity contribution in [2.24, 2.45) is 0 Å². The molecule has 1 saturated carbocycles. The molecule has 1 atom stereocenters. The fourth-order valence-corrected chi connectivity index (χ4v) is 4.53. The number of likely N-dealkylation sites (tertiary alicyclic amines) is 1. The maximum absolute atomic E-state index is 14.2. The fourth-order valence-electron chi connectivity index (χ4n) is 4.53. The van der Waals surface area contributed by atoms with Crippen LogP contribution in [0.3, 0.4) is 0 Å². The molecule has 1 aliphatic heterocycles. The number of rotatable bonds is 3. The first-order valence-electron chi connectivity index (χ1n) is 10.1. The molecule has 28 heavy (non-hydrogen) atoms. The Morgan fingerprint density at radius 3 is 2.75 bits per heavy atom. The molecule has 5 nitrogen and oxygen atoms in total. The van der Waals surface area contributed by atoms with Crippen molar-refractivity contribution >= 4 is 11.0 Å². The number of nitrogens with zero attached hydrogens (tertiary/aromatic N) is 4. The van der Waals surface area contributed by atoms with Crippen molar-refractivity contribution in [1.82, 2.24) is 19.7 Å². The average Bonchev–Trinajstić information content (AvgIpc) is 3.42. The molecule has 2 aromatic heterocycles. The molecule has 3 aromatic rings. The summed E-state index contributed by atoms with van der Waals surface area (Å²) in [5.74, 6) is 0.128. The largest absolute Gasteiger partial charge is 0.507 e. The van der Waals surface area contributed by atoms with Gasteiger partial charge in [-0.25, -0.2) is 4.39 Å². The van der Waals surface area contributed by atoms with Crippen LogP contribution >= 0.6 is 0 Å². The summed E-state index contributed by atoms with van der Waals surface area (Å²) in [4.78, 5) is 2.36. The van der Waals surface area contributed by atoms with Crippen LogP contribution < -0.4 is 0 Å². The molecule has 2 fully saturated rings. The SMILES string of the molecule is Cc1cc(O)c(-c2nnc3c(ccn3[C@@H]3CCCN(C)C3)c2C2CC2)cc1F. The Morgan fingerprint density at radius 1 is 1.18 bits per heavy atom. The first kappa shape index (κ1) is 17.6. The number of piperidine rings is 1. The summed E-state index contributed by atoms with van der Waals surface area (Å²) in [5, 5.41) is 20.6. The molecule has 6 heteroatoms. The summed E-state index contributed by atoms with van der Waals surface area (Å²) in [5.41, 5.74) is 3.48. The predicted octanol–water partition coefficient (Wildman–Crippen LogP) is 4.40. The van der Waals surface area contributed by atoms with Crippen LogP contribution in [0.15, 0.2) is 24.4 Å². The van der Waals surface area contributed by atoms with E-state index in [1.54, 1.807) is 6.92 Å². The van der Waals surface area contributed by atoms with Gasteiger partial charge in [0, 0.05) is 29.7 Å². The Morgan fingerprint density at radius 2 is 2.00 bits per heavy atom. The van der Waals surface area contributed by atoms with E-state index in [0.29, 0.717) is 28.8 Å². The summed E-state index contributed by atoms with van der Waals surface area (Å²) in [7, 11) is 2.16. The van der Waals surface area contributed by atoms with E-state index in [4.69, 9.17) is 0 Å². The molecule has 0 radical (unpaired) electrons. The maximum atomic E-state index is 14.2. The number of aryl methyl sites for hydroxylation is 1. The van der Waals surface area contributed by atoms with Gasteiger partial charge in [0.05, 0.1) is 0 Å². The molecule has 1 aromatic carbocycles. The van der Waals surface area contributed by atoms with Crippen molar-refractivity contribution in [2.75, 3.05) is 20.1 Å². The number of phenolic OH excluding ortho intramolecular Hbond substituents is 1. The lowest BCUT2D eigenvalue weighted by atomic mass is 9.98. The zero-order valence-electron chi connectivity index (χ0n) is 16.3. The van der Waals surface area contributed by atoms with Crippen LogP contribution in [0.4, 0.5) is 4.39 Å². The molecule has 5 rings (SSSR count). The highest BCUT2D eigenvalue weighted by Crippen LogP contribution is 2.48. The molecule has 0 unspecified atom stereocenters. The fraction of sp³-hybridized carbons (Fsp3) is 0.455. The Kier molecular flexibility index (Phi) is 4.12. The number of hydrogen-bond acceptors (Lipinski definition) is 4. The monoisotopic (exact) mass is 380 g/mol. The third-order valence-corrected chi connectivity index (χ3v) is 6.19. The van der Waals surface area contributed by atoms with Gasteiger partial charge < -0.3 is 14.6 Å². The van der Waals surface area contributed by atoms with Gasteiger partial charge in [-0.1, -0.05) is 0 Å². The van der Waals surface area contributed by atoms with Gasteiger partial charge in [0.2, 0.25) is 0 Å². The molecule has 0 amide bonds. The quantitative estimate of drug-likeness (QED) is 0.732. The number of benzene rings is 1. The lowest BCUT2D eigenvalue weighted by Gasteiger charge is -2.30. The topological polar surface area (TPSA) is 54.2 Å². The first-order chi connectivity index (χ1) is 13.5. The van der Waals surface area contributed by atoms with Gasteiger partial charge >= 0.3 is 0 Å². The van der Waals surface area contributed by atoms with E-state index in [9.17, 15) is 9.50 Å². The van der Waals surface area contributed by atoms with Gasteiger partial charge in [0.25, 0.3) is 0 Å². The van der Waals surface area contributed by atoms with Gasteiger partial charge in [-0.2, -0.15) is 0 Å². The van der Waals surface area contributed by atoms with Crippen LogP contribution in [0.2, 0.25) is 0 Å². The normalized spacial score (nSPS) is 20.8. The number of halogens is 1. The van der Waals surface area contributed by atoms with Crippen LogP contribution in [-0.2, 0) is 0 Å². The Balaban J connectivity index is 1.66. The van der Waals surface area contributed by atoms with Gasteiger partial charge in [-0.05, 0) is 81.4 Å².